The highest BCUT2D eigenvalue weighted by Gasteiger charge is 2.34. The summed E-state index contributed by atoms with van der Waals surface area (Å²) in [5.74, 6) is -0.0761. The number of Topliss-reactive ketones (excluding diaryl/α,β-unsaturated/α-hetero) is 2. The van der Waals surface area contributed by atoms with Crippen LogP contribution in [0.3, 0.4) is 0 Å². The number of benzene rings is 2. The highest BCUT2D eigenvalue weighted by Crippen LogP contribution is 2.32. The molecule has 0 unspecified atom stereocenters. The van der Waals surface area contributed by atoms with E-state index in [1.165, 1.54) is 53.2 Å². The van der Waals surface area contributed by atoms with Crippen molar-refractivity contribution in [2.45, 2.75) is 51.7 Å². The quantitative estimate of drug-likeness (QED) is 0.170. The number of nitrogens with one attached hydrogen (secondary N) is 1. The van der Waals surface area contributed by atoms with E-state index in [-0.39, 0.29) is 36.6 Å². The lowest BCUT2D eigenvalue weighted by Crippen LogP contribution is -2.42. The van der Waals surface area contributed by atoms with Gasteiger partial charge in [0.2, 0.25) is 0 Å². The number of halogens is 3. The normalized spacial score (nSPS) is 17.8. The van der Waals surface area contributed by atoms with Gasteiger partial charge in [-0.15, -0.1) is 12.4 Å². The second-order valence-corrected chi connectivity index (χ2v) is 15.3. The molecule has 2 N–H and O–H groups in total. The first-order chi connectivity index (χ1) is 30.9. The molecule has 8 rings (SSSR count). The number of rotatable bonds is 13. The number of carbonyl (C=O) groups is 5. The van der Waals surface area contributed by atoms with E-state index in [1.54, 1.807) is 60.0 Å². The van der Waals surface area contributed by atoms with Crippen molar-refractivity contribution in [3.05, 3.63) is 84.7 Å². The summed E-state index contributed by atoms with van der Waals surface area (Å²) >= 11 is 0. The van der Waals surface area contributed by atoms with Crippen LogP contribution in [0.4, 0.5) is 41.4 Å². The lowest BCUT2D eigenvalue weighted by Gasteiger charge is -2.27. The monoisotopic (exact) mass is 916 g/mol. The van der Waals surface area contributed by atoms with E-state index in [0.717, 1.165) is 5.82 Å². The largest absolute Gasteiger partial charge is 0.444 e. The summed E-state index contributed by atoms with van der Waals surface area (Å²) < 4.78 is 40.3. The average Bonchev–Trinajstić information content (AvgIpc) is 3.88. The van der Waals surface area contributed by atoms with Crippen molar-refractivity contribution in [3.63, 3.8) is 0 Å². The smallest absolute Gasteiger partial charge is 0.414 e. The van der Waals surface area contributed by atoms with Crippen LogP contribution in [0, 0.1) is 11.6 Å². The van der Waals surface area contributed by atoms with Gasteiger partial charge in [0.1, 0.15) is 66.3 Å². The first-order valence-electron chi connectivity index (χ1n) is 20.6. The van der Waals surface area contributed by atoms with Gasteiger partial charge in [-0.3, -0.25) is 34.9 Å². The molecule has 0 aliphatic carbocycles. The Morgan fingerprint density at radius 3 is 1.71 bits per heavy atom. The van der Waals surface area contributed by atoms with E-state index >= 15 is 0 Å². The predicted octanol–water partition coefficient (Wildman–Crippen LogP) is 5.52. The molecule has 65 heavy (non-hydrogen) atoms. The van der Waals surface area contributed by atoms with Crippen molar-refractivity contribution in [2.24, 2.45) is 10.1 Å². The van der Waals surface area contributed by atoms with Gasteiger partial charge in [-0.2, -0.15) is 5.10 Å². The summed E-state index contributed by atoms with van der Waals surface area (Å²) in [6, 6.07) is 16.1. The van der Waals surface area contributed by atoms with Crippen LogP contribution >= 0.6 is 12.4 Å². The SMILES string of the molecule is CC(=O)CC[C@H]1CN(c2ccc(-c3ccc(N4CCN(C(=O)CO)C=N4)nc3)c(F)c2)C(=O)O1.CC(=O)CC[C@H]1CN(c2ccc(-c3ccc(N4CCN=CN4)nc3)c(F)c2)C(=O)O1.Cl. The Morgan fingerprint density at radius 2 is 1.29 bits per heavy atom. The van der Waals surface area contributed by atoms with E-state index in [9.17, 15) is 32.8 Å². The van der Waals surface area contributed by atoms with Gasteiger partial charge in [0.25, 0.3) is 5.91 Å². The highest BCUT2D eigenvalue weighted by atomic mass is 35.5. The number of nitrogens with zero attached hydrogens (tertiary/aromatic N) is 9. The molecule has 18 nitrogen and oxygen atoms in total. The number of cyclic esters (lactones) is 2. The van der Waals surface area contributed by atoms with Crippen molar-refractivity contribution in [1.82, 2.24) is 20.3 Å². The Bertz CT molecular complexity index is 2450. The van der Waals surface area contributed by atoms with Crippen LogP contribution in [0.15, 0.2) is 83.2 Å². The van der Waals surface area contributed by atoms with Gasteiger partial charge in [0, 0.05) is 54.0 Å². The molecule has 4 aromatic rings. The third kappa shape index (κ3) is 11.8. The Morgan fingerprint density at radius 1 is 0.754 bits per heavy atom. The van der Waals surface area contributed by atoms with Crippen LogP contribution in [-0.2, 0) is 23.9 Å². The van der Waals surface area contributed by atoms with Gasteiger partial charge in [-0.25, -0.2) is 33.3 Å². The third-order valence-corrected chi connectivity index (χ3v) is 10.7. The molecule has 2 atom stereocenters. The molecule has 0 bridgehead atoms. The number of aliphatic hydroxyl groups is 1. The van der Waals surface area contributed by atoms with Crippen molar-refractivity contribution in [2.75, 3.05) is 65.7 Å². The lowest BCUT2D eigenvalue weighted by molar-refractivity contribution is -0.130. The third-order valence-electron chi connectivity index (χ3n) is 10.7. The molecule has 21 heteroatoms. The molecular formula is C44H47ClF2N10O8. The van der Waals surface area contributed by atoms with Crippen LogP contribution in [0.5, 0.6) is 0 Å². The molecule has 0 spiro atoms. The zero-order valence-corrected chi connectivity index (χ0v) is 36.3. The Hall–Kier alpha value is -7.06. The molecule has 0 saturated carbocycles. The topological polar surface area (TPSA) is 203 Å². The Labute approximate surface area is 378 Å². The summed E-state index contributed by atoms with van der Waals surface area (Å²) in [6.07, 6.45) is 5.81. The highest BCUT2D eigenvalue weighted by molar-refractivity contribution is 5.91. The molecular weight excluding hydrogens is 870 g/mol. The number of aliphatic imine (C=N–C) groups is 1. The van der Waals surface area contributed by atoms with Crippen molar-refractivity contribution in [3.8, 4) is 22.3 Å². The summed E-state index contributed by atoms with van der Waals surface area (Å²) in [5, 5.41) is 16.5. The lowest BCUT2D eigenvalue weighted by atomic mass is 10.1. The number of hydrazone groups is 1. The standard InChI is InChI=1S/C23H24FN5O5.C21H22FN5O3.ClH/c1-15(31)2-5-18-12-28(23(33)34-18)17-4-6-19(20(24)10-17)16-3-7-21(25-11-16)29-9-8-27(14-26-29)22(32)13-30;1-14(28)2-5-17-12-26(21(29)30-17)16-4-6-18(19(22)10-16)15-3-7-20(24-11-15)27-9-8-23-13-25-27;/h3-4,6-7,10-11,14,18,30H,2,5,8-9,12-13H2,1H3;3-4,6-7,10-11,13,17H,2,5,8-9,12H2,1H3,(H,23,25);1H/t18-;17-;/m00./s1. The summed E-state index contributed by atoms with van der Waals surface area (Å²) in [5.41, 5.74) is 5.71. The Kier molecular flexibility index (Phi) is 15.7. The number of pyridine rings is 2. The molecule has 342 valence electrons. The number of hydrazine groups is 1. The molecule has 2 saturated heterocycles. The first kappa shape index (κ1) is 47.4. The van der Waals surface area contributed by atoms with Gasteiger partial charge in [0.05, 0.1) is 44.1 Å². The summed E-state index contributed by atoms with van der Waals surface area (Å²) in [4.78, 5) is 75.1. The molecule has 0 radical (unpaired) electrons. The number of hydrogen-bond donors (Lipinski definition) is 2. The van der Waals surface area contributed by atoms with E-state index in [4.69, 9.17) is 14.6 Å². The van der Waals surface area contributed by atoms with Crippen LogP contribution in [0.25, 0.3) is 22.3 Å². The molecule has 3 amide bonds. The molecule has 6 heterocycles. The molecule has 2 aromatic heterocycles. The van der Waals surface area contributed by atoms with Crippen LogP contribution in [0.1, 0.15) is 39.5 Å². The molecule has 4 aliphatic rings. The van der Waals surface area contributed by atoms with E-state index < -0.39 is 42.4 Å². The summed E-state index contributed by atoms with van der Waals surface area (Å²) in [6.45, 7) is 5.11. The fourth-order valence-corrected chi connectivity index (χ4v) is 7.18. The minimum Gasteiger partial charge on any atom is -0.444 e. The van der Waals surface area contributed by atoms with Crippen molar-refractivity contribution >= 4 is 77.8 Å². The molecule has 2 aromatic carbocycles. The number of hydrogen-bond acceptors (Lipinski definition) is 15. The fraction of sp³-hybridized carbons (Fsp3) is 0.341. The van der Waals surface area contributed by atoms with Crippen molar-refractivity contribution in [1.29, 1.82) is 0 Å². The second kappa shape index (κ2) is 21.5. The fourth-order valence-electron chi connectivity index (χ4n) is 7.18. The van der Waals surface area contributed by atoms with E-state index in [0.29, 0.717) is 97.9 Å². The summed E-state index contributed by atoms with van der Waals surface area (Å²) in [7, 11) is 0. The van der Waals surface area contributed by atoms with E-state index in [2.05, 4.69) is 25.5 Å². The van der Waals surface area contributed by atoms with Crippen molar-refractivity contribution < 1.29 is 47.3 Å². The Balaban J connectivity index is 0.000000214. The van der Waals surface area contributed by atoms with Crippen LogP contribution in [0.2, 0.25) is 0 Å². The number of carbonyl (C=O) groups excluding carboxylic acids is 5. The first-order valence-corrected chi connectivity index (χ1v) is 20.6. The average molecular weight is 917 g/mol. The number of ether oxygens (including phenoxy) is 2. The number of amides is 3. The molecule has 2 fully saturated rings. The maximum absolute atomic E-state index is 14.9. The van der Waals surface area contributed by atoms with Gasteiger partial charge in [-0.05, 0) is 87.4 Å². The van der Waals surface area contributed by atoms with E-state index in [1.807, 2.05) is 11.1 Å². The van der Waals surface area contributed by atoms with Gasteiger partial charge >= 0.3 is 12.2 Å². The van der Waals surface area contributed by atoms with Crippen LogP contribution < -0.4 is 25.2 Å². The minimum absolute atomic E-state index is 0. The number of ketones is 2. The number of aliphatic hydroxyl groups excluding tert-OH is 1. The number of anilines is 4. The second-order valence-electron chi connectivity index (χ2n) is 15.3. The predicted molar refractivity (Wildman–Crippen MR) is 240 cm³/mol. The van der Waals surface area contributed by atoms with Gasteiger partial charge < -0.3 is 24.2 Å². The number of aromatic nitrogens is 2. The maximum atomic E-state index is 14.9. The van der Waals surface area contributed by atoms with Gasteiger partial charge in [0.15, 0.2) is 0 Å². The molecule has 4 aliphatic heterocycles. The van der Waals surface area contributed by atoms with Crippen LogP contribution in [-0.4, -0.2) is 120 Å². The zero-order valence-electron chi connectivity index (χ0n) is 35.5. The minimum atomic E-state index is -0.581. The zero-order chi connectivity index (χ0) is 45.3. The van der Waals surface area contributed by atoms with Gasteiger partial charge in [-0.1, -0.05) is 0 Å². The maximum Gasteiger partial charge on any atom is 0.414 e.